The Balaban J connectivity index is 2.10. The number of anilines is 1. The molecule has 8 heteroatoms. The van der Waals surface area contributed by atoms with Crippen molar-refractivity contribution in [3.63, 3.8) is 0 Å². The highest BCUT2D eigenvalue weighted by Gasteiger charge is 2.13. The Labute approximate surface area is 153 Å². The molecular formula is C17H26ClN5O2. The number of hydrogen-bond acceptors (Lipinski definition) is 6. The Morgan fingerprint density at radius 3 is 2.72 bits per heavy atom. The van der Waals surface area contributed by atoms with Crippen molar-refractivity contribution >= 4 is 17.5 Å². The third-order valence-corrected chi connectivity index (χ3v) is 3.81. The molecule has 0 saturated heterocycles. The van der Waals surface area contributed by atoms with Crippen molar-refractivity contribution in [2.75, 3.05) is 18.5 Å². The first-order valence-corrected chi connectivity index (χ1v) is 9.15. The molecule has 0 aliphatic heterocycles. The molecule has 1 aromatic carbocycles. The quantitative estimate of drug-likeness (QED) is 0.648. The van der Waals surface area contributed by atoms with Gasteiger partial charge in [0.2, 0.25) is 5.95 Å². The van der Waals surface area contributed by atoms with Crippen LogP contribution in [0.15, 0.2) is 12.1 Å². The van der Waals surface area contributed by atoms with Crippen molar-refractivity contribution in [2.45, 2.75) is 53.1 Å². The Bertz CT molecular complexity index is 662. The van der Waals surface area contributed by atoms with Crippen molar-refractivity contribution < 1.29 is 9.47 Å². The van der Waals surface area contributed by atoms with Gasteiger partial charge in [-0.05, 0) is 47.9 Å². The van der Waals surface area contributed by atoms with E-state index in [1.807, 2.05) is 19.1 Å². The topological polar surface area (TPSA) is 74.1 Å². The SMILES string of the molecule is CCCCn1nnnc1NCc1cc(Cl)c(OCCC)c(OCC)c1. The zero-order valence-corrected chi connectivity index (χ0v) is 15.8. The van der Waals surface area contributed by atoms with Crippen molar-refractivity contribution in [3.05, 3.63) is 22.7 Å². The molecule has 0 fully saturated rings. The van der Waals surface area contributed by atoms with Gasteiger partial charge in [-0.25, -0.2) is 4.68 Å². The number of nitrogens with zero attached hydrogens (tertiary/aromatic N) is 4. The molecule has 0 radical (unpaired) electrons. The van der Waals surface area contributed by atoms with Crippen molar-refractivity contribution in [3.8, 4) is 11.5 Å². The second kappa shape index (κ2) is 10.1. The number of tetrazole rings is 1. The summed E-state index contributed by atoms with van der Waals surface area (Å²) < 4.78 is 13.2. The normalized spacial score (nSPS) is 10.7. The minimum Gasteiger partial charge on any atom is -0.490 e. The number of halogens is 1. The highest BCUT2D eigenvalue weighted by Crippen LogP contribution is 2.37. The predicted molar refractivity (Wildman–Crippen MR) is 98.5 cm³/mol. The van der Waals surface area contributed by atoms with E-state index in [9.17, 15) is 0 Å². The van der Waals surface area contributed by atoms with E-state index in [4.69, 9.17) is 21.1 Å². The number of hydrogen-bond donors (Lipinski definition) is 1. The molecule has 0 amide bonds. The van der Waals surface area contributed by atoms with Gasteiger partial charge in [-0.1, -0.05) is 37.0 Å². The number of unbranched alkanes of at least 4 members (excludes halogenated alkanes) is 1. The van der Waals surface area contributed by atoms with Gasteiger partial charge in [-0.3, -0.25) is 0 Å². The van der Waals surface area contributed by atoms with Gasteiger partial charge in [0.15, 0.2) is 11.5 Å². The highest BCUT2D eigenvalue weighted by molar-refractivity contribution is 6.32. The molecule has 0 bridgehead atoms. The summed E-state index contributed by atoms with van der Waals surface area (Å²) in [5.74, 6) is 1.90. The molecule has 0 atom stereocenters. The summed E-state index contributed by atoms with van der Waals surface area (Å²) in [5.41, 5.74) is 0.974. The van der Waals surface area contributed by atoms with Gasteiger partial charge >= 0.3 is 0 Å². The van der Waals surface area contributed by atoms with Crippen LogP contribution < -0.4 is 14.8 Å². The Morgan fingerprint density at radius 2 is 2.00 bits per heavy atom. The molecule has 7 nitrogen and oxygen atoms in total. The first-order valence-electron chi connectivity index (χ1n) is 8.77. The fourth-order valence-electron chi connectivity index (χ4n) is 2.30. The van der Waals surface area contributed by atoms with Crippen LogP contribution in [0.25, 0.3) is 0 Å². The maximum atomic E-state index is 6.39. The van der Waals surface area contributed by atoms with Crippen molar-refractivity contribution in [2.24, 2.45) is 0 Å². The minimum absolute atomic E-state index is 0.542. The molecule has 1 N–H and O–H groups in total. The van der Waals surface area contributed by atoms with Gasteiger partial charge in [-0.2, -0.15) is 0 Å². The van der Waals surface area contributed by atoms with Crippen LogP contribution in [0.2, 0.25) is 5.02 Å². The average Bonchev–Trinajstić information content (AvgIpc) is 3.05. The van der Waals surface area contributed by atoms with E-state index < -0.39 is 0 Å². The predicted octanol–water partition coefficient (Wildman–Crippen LogP) is 3.93. The van der Waals surface area contributed by atoms with Crippen LogP contribution in [0.1, 0.15) is 45.6 Å². The molecule has 2 rings (SSSR count). The molecular weight excluding hydrogens is 342 g/mol. The van der Waals surface area contributed by atoms with E-state index >= 15 is 0 Å². The maximum absolute atomic E-state index is 6.39. The van der Waals surface area contributed by atoms with Crippen LogP contribution in [0.3, 0.4) is 0 Å². The number of rotatable bonds is 11. The number of aryl methyl sites for hydroxylation is 1. The smallest absolute Gasteiger partial charge is 0.243 e. The van der Waals surface area contributed by atoms with Gasteiger partial charge in [0, 0.05) is 13.1 Å². The van der Waals surface area contributed by atoms with Gasteiger partial charge in [0.05, 0.1) is 18.2 Å². The largest absolute Gasteiger partial charge is 0.490 e. The Morgan fingerprint density at radius 1 is 1.16 bits per heavy atom. The van der Waals surface area contributed by atoms with Gasteiger partial charge < -0.3 is 14.8 Å². The van der Waals surface area contributed by atoms with E-state index in [-0.39, 0.29) is 0 Å². The summed E-state index contributed by atoms with van der Waals surface area (Å²) in [6.07, 6.45) is 3.03. The number of ether oxygens (including phenoxy) is 2. The first-order chi connectivity index (χ1) is 12.2. The van der Waals surface area contributed by atoms with Crippen LogP contribution in [0.4, 0.5) is 5.95 Å². The monoisotopic (exact) mass is 367 g/mol. The lowest BCUT2D eigenvalue weighted by Gasteiger charge is -2.15. The van der Waals surface area contributed by atoms with Crippen LogP contribution in [-0.4, -0.2) is 33.4 Å². The Kier molecular flexibility index (Phi) is 7.78. The van der Waals surface area contributed by atoms with Crippen molar-refractivity contribution in [1.29, 1.82) is 0 Å². The molecule has 0 aliphatic carbocycles. The molecule has 25 heavy (non-hydrogen) atoms. The zero-order valence-electron chi connectivity index (χ0n) is 15.1. The second-order valence-corrected chi connectivity index (χ2v) is 6.03. The summed E-state index contributed by atoms with van der Waals surface area (Å²) in [6, 6.07) is 3.82. The number of nitrogens with one attached hydrogen (secondary N) is 1. The second-order valence-electron chi connectivity index (χ2n) is 5.62. The lowest BCUT2D eigenvalue weighted by Crippen LogP contribution is -2.09. The molecule has 2 aromatic rings. The summed E-state index contributed by atoms with van der Waals surface area (Å²) in [4.78, 5) is 0. The lowest BCUT2D eigenvalue weighted by molar-refractivity contribution is 0.277. The summed E-state index contributed by atoms with van der Waals surface area (Å²) in [6.45, 7) is 8.60. The fraction of sp³-hybridized carbons (Fsp3) is 0.588. The first kappa shape index (κ1) is 19.3. The van der Waals surface area contributed by atoms with E-state index in [0.717, 1.165) is 31.4 Å². The molecule has 1 aromatic heterocycles. The Hall–Kier alpha value is -2.02. The van der Waals surface area contributed by atoms with Gasteiger partial charge in [0.1, 0.15) is 0 Å². The van der Waals surface area contributed by atoms with E-state index in [2.05, 4.69) is 34.7 Å². The molecule has 0 unspecified atom stereocenters. The fourth-order valence-corrected chi connectivity index (χ4v) is 2.59. The lowest BCUT2D eigenvalue weighted by atomic mass is 10.2. The van der Waals surface area contributed by atoms with E-state index in [0.29, 0.717) is 42.2 Å². The summed E-state index contributed by atoms with van der Waals surface area (Å²) in [5, 5.41) is 15.5. The standard InChI is InChI=1S/C17H26ClN5O2/c1-4-7-8-23-17(20-21-22-23)19-12-13-10-14(18)16(25-9-5-2)15(11-13)24-6-3/h10-11H,4-9,12H2,1-3H3,(H,19,20,22). The van der Waals surface area contributed by atoms with Crippen LogP contribution in [0, 0.1) is 0 Å². The summed E-state index contributed by atoms with van der Waals surface area (Å²) >= 11 is 6.39. The van der Waals surface area contributed by atoms with E-state index in [1.165, 1.54) is 0 Å². The third kappa shape index (κ3) is 5.49. The molecule has 0 saturated carbocycles. The third-order valence-electron chi connectivity index (χ3n) is 3.53. The zero-order chi connectivity index (χ0) is 18.1. The van der Waals surface area contributed by atoms with Crippen molar-refractivity contribution in [1.82, 2.24) is 20.2 Å². The number of benzene rings is 1. The molecule has 138 valence electrons. The average molecular weight is 368 g/mol. The number of aromatic nitrogens is 4. The highest BCUT2D eigenvalue weighted by atomic mass is 35.5. The maximum Gasteiger partial charge on any atom is 0.243 e. The van der Waals surface area contributed by atoms with Gasteiger partial charge in [-0.15, -0.1) is 0 Å². The van der Waals surface area contributed by atoms with E-state index in [1.54, 1.807) is 4.68 Å². The van der Waals surface area contributed by atoms with Crippen LogP contribution in [0.5, 0.6) is 11.5 Å². The molecule has 0 spiro atoms. The van der Waals surface area contributed by atoms with Gasteiger partial charge in [0.25, 0.3) is 0 Å². The molecule has 0 aliphatic rings. The minimum atomic E-state index is 0.542. The van der Waals surface area contributed by atoms with Crippen LogP contribution in [-0.2, 0) is 13.1 Å². The molecule has 1 heterocycles. The summed E-state index contributed by atoms with van der Waals surface area (Å²) in [7, 11) is 0. The van der Waals surface area contributed by atoms with Crippen LogP contribution >= 0.6 is 11.6 Å².